The lowest BCUT2D eigenvalue weighted by Crippen LogP contribution is -2.40. The summed E-state index contributed by atoms with van der Waals surface area (Å²) in [4.78, 5) is 25.4. The van der Waals surface area contributed by atoms with Gasteiger partial charge in [0, 0.05) is 11.7 Å². The van der Waals surface area contributed by atoms with E-state index >= 15 is 0 Å². The van der Waals surface area contributed by atoms with Crippen molar-refractivity contribution in [2.75, 3.05) is 11.1 Å². The number of nitrogens with two attached hydrogens (primary N) is 1. The van der Waals surface area contributed by atoms with Crippen molar-refractivity contribution in [1.82, 2.24) is 20.3 Å². The molecule has 1 aromatic carbocycles. The summed E-state index contributed by atoms with van der Waals surface area (Å²) in [7, 11) is 0. The summed E-state index contributed by atoms with van der Waals surface area (Å²) in [5.41, 5.74) is 8.02. The second-order valence-electron chi connectivity index (χ2n) is 7.37. The van der Waals surface area contributed by atoms with E-state index in [1.807, 2.05) is 25.1 Å². The van der Waals surface area contributed by atoms with Crippen LogP contribution in [0, 0.1) is 0 Å². The van der Waals surface area contributed by atoms with Gasteiger partial charge in [0.15, 0.2) is 0 Å². The molecule has 156 valence electrons. The van der Waals surface area contributed by atoms with Gasteiger partial charge in [-0.1, -0.05) is 44.4 Å². The molecular formula is C21H30N6OS. The van der Waals surface area contributed by atoms with Crippen LogP contribution in [-0.2, 0) is 17.0 Å². The maximum atomic E-state index is 12.5. The van der Waals surface area contributed by atoms with Gasteiger partial charge >= 0.3 is 0 Å². The lowest BCUT2D eigenvalue weighted by molar-refractivity contribution is -0.121. The molecule has 0 radical (unpaired) electrons. The molecule has 2 aromatic rings. The number of para-hydroxylation sites is 1. The Bertz CT molecular complexity index is 825. The van der Waals surface area contributed by atoms with Crippen LogP contribution in [0.1, 0.15) is 57.3 Å². The second kappa shape index (κ2) is 10.4. The average molecular weight is 415 g/mol. The maximum Gasteiger partial charge on any atom is 0.233 e. The Morgan fingerprint density at radius 3 is 2.72 bits per heavy atom. The van der Waals surface area contributed by atoms with Crippen LogP contribution in [0.15, 0.2) is 24.3 Å². The third kappa shape index (κ3) is 6.32. The van der Waals surface area contributed by atoms with E-state index < -0.39 is 0 Å². The van der Waals surface area contributed by atoms with Crippen LogP contribution in [0.25, 0.3) is 0 Å². The molecular weight excluding hydrogens is 384 g/mol. The first-order valence-corrected chi connectivity index (χ1v) is 11.4. The van der Waals surface area contributed by atoms with E-state index in [0.29, 0.717) is 23.6 Å². The number of carbonyl (C=O) groups is 1. The first kappa shape index (κ1) is 21.4. The molecule has 1 aromatic heterocycles. The van der Waals surface area contributed by atoms with Crippen LogP contribution in [0.5, 0.6) is 0 Å². The molecule has 3 rings (SSSR count). The molecule has 1 aliphatic carbocycles. The molecule has 8 heteroatoms. The van der Waals surface area contributed by atoms with Gasteiger partial charge in [0.25, 0.3) is 0 Å². The van der Waals surface area contributed by atoms with Crippen molar-refractivity contribution in [3.05, 3.63) is 35.7 Å². The predicted octanol–water partition coefficient (Wildman–Crippen LogP) is 3.83. The van der Waals surface area contributed by atoms with E-state index in [2.05, 4.69) is 38.6 Å². The molecule has 1 heterocycles. The Labute approximate surface area is 176 Å². The number of aryl methyl sites for hydroxylation is 1. The zero-order valence-corrected chi connectivity index (χ0v) is 18.0. The number of carbonyl (C=O) groups excluding carboxylic acids is 1. The molecule has 29 heavy (non-hydrogen) atoms. The molecule has 1 atom stereocenters. The Kier molecular flexibility index (Phi) is 7.69. The third-order valence-electron chi connectivity index (χ3n) is 5.13. The van der Waals surface area contributed by atoms with E-state index in [9.17, 15) is 4.79 Å². The fourth-order valence-corrected chi connectivity index (χ4v) is 4.22. The molecule has 0 bridgehead atoms. The lowest BCUT2D eigenvalue weighted by Gasteiger charge is -2.24. The third-order valence-corrected chi connectivity index (χ3v) is 6.27. The molecule has 1 amide bonds. The predicted molar refractivity (Wildman–Crippen MR) is 119 cm³/mol. The highest BCUT2D eigenvalue weighted by Crippen LogP contribution is 2.22. The van der Waals surface area contributed by atoms with E-state index in [-0.39, 0.29) is 17.1 Å². The summed E-state index contributed by atoms with van der Waals surface area (Å²) in [5, 5.41) is 6.24. The van der Waals surface area contributed by atoms with Gasteiger partial charge in [0.05, 0.1) is 11.0 Å². The van der Waals surface area contributed by atoms with Crippen molar-refractivity contribution in [3.63, 3.8) is 0 Å². The summed E-state index contributed by atoms with van der Waals surface area (Å²) >= 11 is 1.51. The van der Waals surface area contributed by atoms with Crippen molar-refractivity contribution in [1.29, 1.82) is 0 Å². The van der Waals surface area contributed by atoms with Crippen molar-refractivity contribution < 1.29 is 4.79 Å². The van der Waals surface area contributed by atoms with Gasteiger partial charge in [-0.05, 0) is 37.8 Å². The van der Waals surface area contributed by atoms with Crippen LogP contribution >= 0.6 is 11.8 Å². The average Bonchev–Trinajstić information content (AvgIpc) is 2.72. The normalized spacial score (nSPS) is 15.7. The van der Waals surface area contributed by atoms with E-state index in [4.69, 9.17) is 5.73 Å². The number of benzene rings is 1. The molecule has 0 aliphatic heterocycles. The van der Waals surface area contributed by atoms with Gasteiger partial charge < -0.3 is 16.4 Å². The minimum atomic E-state index is -0.174. The Balaban J connectivity index is 1.58. The molecule has 1 saturated carbocycles. The molecule has 7 nitrogen and oxygen atoms in total. The van der Waals surface area contributed by atoms with Crippen LogP contribution in [0.2, 0.25) is 0 Å². The smallest absolute Gasteiger partial charge is 0.233 e. The van der Waals surface area contributed by atoms with Gasteiger partial charge in [-0.25, -0.2) is 0 Å². The fraction of sp³-hybridized carbons (Fsp3) is 0.524. The standard InChI is InChI=1S/C21H30N6OS/c1-3-15-9-7-8-12-17(15)24-21-26-18(25-20(22)27-21)13-29-14(2)19(28)23-16-10-5-4-6-11-16/h7-9,12,14,16H,3-6,10-11,13H2,1-2H3,(H,23,28)(H3,22,24,25,26,27). The maximum absolute atomic E-state index is 12.5. The molecule has 1 unspecified atom stereocenters. The van der Waals surface area contributed by atoms with Gasteiger partial charge in [0.2, 0.25) is 17.8 Å². The molecule has 4 N–H and O–H groups in total. The van der Waals surface area contributed by atoms with E-state index in [1.165, 1.54) is 36.6 Å². The highest BCUT2D eigenvalue weighted by atomic mass is 32.2. The number of aromatic nitrogens is 3. The van der Waals surface area contributed by atoms with Crippen LogP contribution in [0.4, 0.5) is 17.6 Å². The minimum Gasteiger partial charge on any atom is -0.368 e. The van der Waals surface area contributed by atoms with Crippen molar-refractivity contribution in [3.8, 4) is 0 Å². The Morgan fingerprint density at radius 1 is 1.21 bits per heavy atom. The minimum absolute atomic E-state index is 0.0825. The highest BCUT2D eigenvalue weighted by molar-refractivity contribution is 7.99. The van der Waals surface area contributed by atoms with E-state index in [0.717, 1.165) is 24.9 Å². The van der Waals surface area contributed by atoms with Crippen molar-refractivity contribution in [2.24, 2.45) is 0 Å². The molecule has 0 saturated heterocycles. The summed E-state index contributed by atoms with van der Waals surface area (Å²) in [6.45, 7) is 4.02. The number of hydrogen-bond donors (Lipinski definition) is 3. The Hall–Kier alpha value is -2.35. The monoisotopic (exact) mass is 414 g/mol. The van der Waals surface area contributed by atoms with Crippen molar-refractivity contribution >= 4 is 35.3 Å². The van der Waals surface area contributed by atoms with Gasteiger partial charge in [0.1, 0.15) is 5.82 Å². The van der Waals surface area contributed by atoms with Gasteiger partial charge in [-0.3, -0.25) is 4.79 Å². The fourth-order valence-electron chi connectivity index (χ4n) is 3.47. The summed E-state index contributed by atoms with van der Waals surface area (Å²) < 4.78 is 0. The van der Waals surface area contributed by atoms with E-state index in [1.54, 1.807) is 0 Å². The quantitative estimate of drug-likeness (QED) is 0.603. The SMILES string of the molecule is CCc1ccccc1Nc1nc(N)nc(CSC(C)C(=O)NC2CCCCC2)n1. The number of hydrogen-bond acceptors (Lipinski definition) is 7. The van der Waals surface area contributed by atoms with Gasteiger partial charge in [-0.2, -0.15) is 15.0 Å². The Morgan fingerprint density at radius 2 is 1.97 bits per heavy atom. The number of nitrogens with zero attached hydrogens (tertiary/aromatic N) is 3. The first-order valence-electron chi connectivity index (χ1n) is 10.3. The summed E-state index contributed by atoms with van der Waals surface area (Å²) in [6, 6.07) is 8.35. The van der Waals surface area contributed by atoms with Crippen LogP contribution in [0.3, 0.4) is 0 Å². The molecule has 1 fully saturated rings. The zero-order chi connectivity index (χ0) is 20.6. The lowest BCUT2D eigenvalue weighted by atomic mass is 9.95. The second-order valence-corrected chi connectivity index (χ2v) is 8.70. The number of anilines is 3. The van der Waals surface area contributed by atoms with Crippen LogP contribution in [-0.4, -0.2) is 32.2 Å². The van der Waals surface area contributed by atoms with Crippen molar-refractivity contribution in [2.45, 2.75) is 69.4 Å². The number of amides is 1. The summed E-state index contributed by atoms with van der Waals surface area (Å²) in [5.74, 6) is 1.74. The van der Waals surface area contributed by atoms with Gasteiger partial charge in [-0.15, -0.1) is 11.8 Å². The van der Waals surface area contributed by atoms with Crippen LogP contribution < -0.4 is 16.4 Å². The number of nitrogen functional groups attached to an aromatic ring is 1. The number of nitrogens with one attached hydrogen (secondary N) is 2. The number of thioether (sulfide) groups is 1. The number of rotatable bonds is 8. The largest absolute Gasteiger partial charge is 0.368 e. The highest BCUT2D eigenvalue weighted by Gasteiger charge is 2.20. The summed E-state index contributed by atoms with van der Waals surface area (Å²) in [6.07, 6.45) is 6.75. The first-order chi connectivity index (χ1) is 14.0. The molecule has 1 aliphatic rings. The zero-order valence-electron chi connectivity index (χ0n) is 17.1. The topological polar surface area (TPSA) is 106 Å². The molecule has 0 spiro atoms.